The lowest BCUT2D eigenvalue weighted by Crippen LogP contribution is -2.39. The van der Waals surface area contributed by atoms with Gasteiger partial charge in [-0.2, -0.15) is 0 Å². The summed E-state index contributed by atoms with van der Waals surface area (Å²) in [5, 5.41) is 6.18. The first kappa shape index (κ1) is 26.5. The lowest BCUT2D eigenvalue weighted by atomic mass is 10.0. The van der Waals surface area contributed by atoms with E-state index in [1.165, 1.54) is 12.8 Å². The van der Waals surface area contributed by atoms with Crippen LogP contribution in [-0.4, -0.2) is 25.0 Å². The van der Waals surface area contributed by atoms with E-state index in [2.05, 4.69) is 47.1 Å². The smallest absolute Gasteiger partial charge is 0.238 e. The van der Waals surface area contributed by atoms with Crippen LogP contribution in [0.3, 0.4) is 0 Å². The van der Waals surface area contributed by atoms with Gasteiger partial charge < -0.3 is 15.4 Å². The minimum absolute atomic E-state index is 0.0464. The molecular weight excluding hydrogens is 539 g/mol. The fourth-order valence-corrected chi connectivity index (χ4v) is 4.52. The number of carbonyl (C=O) groups is 2. The number of carbonyl (C=O) groups excluding carboxylic acids is 2. The molecule has 34 heavy (non-hydrogen) atoms. The third-order valence-electron chi connectivity index (χ3n) is 6.22. The van der Waals surface area contributed by atoms with Crippen LogP contribution in [0.1, 0.15) is 73.5 Å². The van der Waals surface area contributed by atoms with Crippen LogP contribution >= 0.6 is 22.6 Å². The average molecular weight is 577 g/mol. The van der Waals surface area contributed by atoms with Crippen molar-refractivity contribution < 1.29 is 14.3 Å². The summed E-state index contributed by atoms with van der Waals surface area (Å²) in [5.41, 5.74) is 1.90. The molecule has 6 heteroatoms. The summed E-state index contributed by atoms with van der Waals surface area (Å²) < 4.78 is 5.62. The first-order chi connectivity index (χ1) is 16.5. The molecule has 2 aromatic rings. The number of benzene rings is 2. The maximum Gasteiger partial charge on any atom is 0.238 e. The fourth-order valence-electron chi connectivity index (χ4n) is 3.93. The van der Waals surface area contributed by atoms with E-state index in [9.17, 15) is 9.59 Å². The van der Waals surface area contributed by atoms with E-state index < -0.39 is 0 Å². The van der Waals surface area contributed by atoms with Gasteiger partial charge in [0.05, 0.1) is 12.6 Å². The maximum absolute atomic E-state index is 13.0. The highest BCUT2D eigenvalue weighted by Crippen LogP contribution is 2.33. The van der Waals surface area contributed by atoms with Crippen molar-refractivity contribution in [1.29, 1.82) is 0 Å². The number of nitrogens with one attached hydrogen (secondary N) is 2. The molecule has 5 nitrogen and oxygen atoms in total. The largest absolute Gasteiger partial charge is 0.493 e. The number of halogens is 1. The molecule has 184 valence electrons. The summed E-state index contributed by atoms with van der Waals surface area (Å²) in [6, 6.07) is 17.3. The topological polar surface area (TPSA) is 67.4 Å². The van der Waals surface area contributed by atoms with Gasteiger partial charge >= 0.3 is 0 Å². The molecule has 0 saturated heterocycles. The van der Waals surface area contributed by atoms with E-state index in [0.29, 0.717) is 25.5 Å². The molecule has 1 saturated carbocycles. The van der Waals surface area contributed by atoms with E-state index in [4.69, 9.17) is 4.74 Å². The quantitative estimate of drug-likeness (QED) is 0.210. The highest BCUT2D eigenvalue weighted by Gasteiger charge is 2.24. The third-order valence-corrected chi connectivity index (χ3v) is 7.50. The monoisotopic (exact) mass is 576 g/mol. The second kappa shape index (κ2) is 13.7. The SMILES string of the molecule is CCCC(C)COc1ccc([C@H](CNC(=O)CCC2CC2)NC(=O)C(I)c2ccccc2)cc1. The molecule has 0 bridgehead atoms. The van der Waals surface area contributed by atoms with Crippen molar-refractivity contribution in [2.45, 2.75) is 62.3 Å². The molecule has 2 unspecified atom stereocenters. The van der Waals surface area contributed by atoms with Crippen LogP contribution in [0.15, 0.2) is 54.6 Å². The Bertz CT molecular complexity index is 900. The van der Waals surface area contributed by atoms with Gasteiger partial charge in [-0.1, -0.05) is 98.2 Å². The summed E-state index contributed by atoms with van der Waals surface area (Å²) in [6.07, 6.45) is 6.29. The Hall–Kier alpha value is -2.09. The number of hydrogen-bond acceptors (Lipinski definition) is 3. The molecule has 3 rings (SSSR count). The highest BCUT2D eigenvalue weighted by molar-refractivity contribution is 14.1. The predicted octanol–water partition coefficient (Wildman–Crippen LogP) is 6.14. The summed E-state index contributed by atoms with van der Waals surface area (Å²) >= 11 is 2.17. The van der Waals surface area contributed by atoms with Crippen LogP contribution in [-0.2, 0) is 9.59 Å². The van der Waals surface area contributed by atoms with Crippen molar-refractivity contribution in [2.24, 2.45) is 11.8 Å². The van der Waals surface area contributed by atoms with E-state index in [1.54, 1.807) is 0 Å². The zero-order valence-corrected chi connectivity index (χ0v) is 22.4. The molecule has 1 aliphatic rings. The fraction of sp³-hybridized carbons (Fsp3) is 0.500. The number of alkyl halides is 1. The Balaban J connectivity index is 1.63. The molecule has 2 N–H and O–H groups in total. The molecule has 0 heterocycles. The Kier molecular flexibility index (Phi) is 10.7. The van der Waals surface area contributed by atoms with E-state index in [1.807, 2.05) is 54.6 Å². The number of hydrogen-bond donors (Lipinski definition) is 2. The van der Waals surface area contributed by atoms with Gasteiger partial charge in [0, 0.05) is 13.0 Å². The van der Waals surface area contributed by atoms with Crippen LogP contribution in [0.2, 0.25) is 0 Å². The van der Waals surface area contributed by atoms with Crippen molar-refractivity contribution >= 4 is 34.4 Å². The minimum atomic E-state index is -0.314. The molecule has 2 amide bonds. The van der Waals surface area contributed by atoms with E-state index >= 15 is 0 Å². The summed E-state index contributed by atoms with van der Waals surface area (Å²) in [5.74, 6) is 2.03. The summed E-state index contributed by atoms with van der Waals surface area (Å²) in [6.45, 7) is 5.43. The molecule has 0 aromatic heterocycles. The van der Waals surface area contributed by atoms with Crippen molar-refractivity contribution in [2.75, 3.05) is 13.2 Å². The lowest BCUT2D eigenvalue weighted by Gasteiger charge is -2.22. The van der Waals surface area contributed by atoms with Crippen LogP contribution in [0.25, 0.3) is 0 Å². The average Bonchev–Trinajstić information content (AvgIpc) is 3.69. The molecule has 1 aliphatic carbocycles. The van der Waals surface area contributed by atoms with E-state index in [-0.39, 0.29) is 21.8 Å². The predicted molar refractivity (Wildman–Crippen MR) is 145 cm³/mol. The van der Waals surface area contributed by atoms with Crippen molar-refractivity contribution in [3.63, 3.8) is 0 Å². The van der Waals surface area contributed by atoms with Gasteiger partial charge in [-0.05, 0) is 47.9 Å². The molecule has 1 fully saturated rings. The number of amides is 2. The minimum Gasteiger partial charge on any atom is -0.493 e. The number of ether oxygens (including phenoxy) is 1. The van der Waals surface area contributed by atoms with Crippen molar-refractivity contribution in [3.05, 3.63) is 65.7 Å². The van der Waals surface area contributed by atoms with Crippen molar-refractivity contribution in [3.8, 4) is 5.75 Å². The molecule has 0 spiro atoms. The normalized spacial score (nSPS) is 15.7. The maximum atomic E-state index is 13.0. The van der Waals surface area contributed by atoms with Gasteiger partial charge in [0.2, 0.25) is 11.8 Å². The third kappa shape index (κ3) is 8.93. The van der Waals surface area contributed by atoms with Crippen LogP contribution in [0.5, 0.6) is 5.75 Å². The Morgan fingerprint density at radius 2 is 1.76 bits per heavy atom. The first-order valence-corrected chi connectivity index (χ1v) is 13.7. The van der Waals surface area contributed by atoms with Gasteiger partial charge in [0.25, 0.3) is 0 Å². The Morgan fingerprint density at radius 1 is 1.06 bits per heavy atom. The van der Waals surface area contributed by atoms with E-state index in [0.717, 1.165) is 42.1 Å². The van der Waals surface area contributed by atoms with Gasteiger partial charge in [-0.3, -0.25) is 9.59 Å². The molecular formula is C28H37IN2O3. The van der Waals surface area contributed by atoms with Gasteiger partial charge in [0.1, 0.15) is 9.67 Å². The van der Waals surface area contributed by atoms with Gasteiger partial charge in [0.15, 0.2) is 0 Å². The summed E-state index contributed by atoms with van der Waals surface area (Å²) in [4.78, 5) is 25.4. The van der Waals surface area contributed by atoms with Gasteiger partial charge in [-0.15, -0.1) is 0 Å². The molecule has 0 aliphatic heterocycles. The van der Waals surface area contributed by atoms with Crippen LogP contribution in [0, 0.1) is 11.8 Å². The zero-order chi connectivity index (χ0) is 24.3. The van der Waals surface area contributed by atoms with Gasteiger partial charge in [-0.25, -0.2) is 0 Å². The summed E-state index contributed by atoms with van der Waals surface area (Å²) in [7, 11) is 0. The highest BCUT2D eigenvalue weighted by atomic mass is 127. The Labute approximate surface area is 217 Å². The Morgan fingerprint density at radius 3 is 2.41 bits per heavy atom. The molecule has 2 aromatic carbocycles. The first-order valence-electron chi connectivity index (χ1n) is 12.4. The van der Waals surface area contributed by atoms with Crippen molar-refractivity contribution in [1.82, 2.24) is 10.6 Å². The number of rotatable bonds is 14. The second-order valence-corrected chi connectivity index (χ2v) is 10.6. The standard InChI is InChI=1S/C28H37IN2O3/c1-3-7-20(2)19-34-24-15-13-22(14-16-24)25(18-30-26(32)17-12-21-10-11-21)31-28(33)27(29)23-8-5-4-6-9-23/h4-6,8-9,13-16,20-21,25,27H,3,7,10-12,17-19H2,1-2H3,(H,30,32)(H,31,33)/t20?,25-,27?/m0/s1. The molecule has 0 radical (unpaired) electrons. The van der Waals surface area contributed by atoms with Crippen LogP contribution in [0.4, 0.5) is 0 Å². The zero-order valence-electron chi connectivity index (χ0n) is 20.3. The molecule has 3 atom stereocenters. The second-order valence-electron chi connectivity index (χ2n) is 9.39. The van der Waals surface area contributed by atoms with Crippen LogP contribution < -0.4 is 15.4 Å². The lowest BCUT2D eigenvalue weighted by molar-refractivity contribution is -0.123.